The summed E-state index contributed by atoms with van der Waals surface area (Å²) in [6.45, 7) is 0. The highest BCUT2D eigenvalue weighted by atomic mass is 32.1. The number of thiophene rings is 1. The summed E-state index contributed by atoms with van der Waals surface area (Å²) in [6, 6.07) is 77.3. The highest BCUT2D eigenvalue weighted by Crippen LogP contribution is 2.43. The molecule has 0 spiro atoms. The summed E-state index contributed by atoms with van der Waals surface area (Å²) >= 11 is 1.86. The maximum atomic E-state index is 6.23. The predicted octanol–water partition coefficient (Wildman–Crippen LogP) is 16.7. The lowest BCUT2D eigenvalue weighted by Gasteiger charge is -2.27. The van der Waals surface area contributed by atoms with E-state index in [0.29, 0.717) is 0 Å². The number of para-hydroxylation sites is 1. The molecule has 0 unspecified atom stereocenters. The minimum absolute atomic E-state index is 0.902. The molecule has 0 aliphatic rings. The monoisotopic (exact) mass is 769 g/mol. The van der Waals surface area contributed by atoms with Gasteiger partial charge < -0.3 is 9.32 Å². The average molecular weight is 770 g/mol. The Morgan fingerprint density at radius 2 is 0.881 bits per heavy atom. The van der Waals surface area contributed by atoms with E-state index in [9.17, 15) is 0 Å². The second-order valence-electron chi connectivity index (χ2n) is 15.3. The molecule has 2 heterocycles. The molecule has 0 aliphatic carbocycles. The third kappa shape index (κ3) is 5.78. The van der Waals surface area contributed by atoms with Crippen molar-refractivity contribution in [2.24, 2.45) is 0 Å². The van der Waals surface area contributed by atoms with E-state index < -0.39 is 0 Å². The number of nitrogens with zero attached hydrogens (tertiary/aromatic N) is 1. The summed E-state index contributed by atoms with van der Waals surface area (Å²) in [5, 5.41) is 9.73. The highest BCUT2D eigenvalue weighted by Gasteiger charge is 2.17. The molecule has 0 saturated carbocycles. The first kappa shape index (κ1) is 33.7. The molecule has 0 fully saturated rings. The number of furan rings is 1. The molecule has 59 heavy (non-hydrogen) atoms. The van der Waals surface area contributed by atoms with Crippen molar-refractivity contribution in [3.05, 3.63) is 212 Å². The highest BCUT2D eigenvalue weighted by molar-refractivity contribution is 7.25. The molecule has 0 radical (unpaired) electrons. The van der Waals surface area contributed by atoms with Gasteiger partial charge in [-0.2, -0.15) is 0 Å². The van der Waals surface area contributed by atoms with Crippen LogP contribution >= 0.6 is 11.3 Å². The Bertz CT molecular complexity index is 3440. The van der Waals surface area contributed by atoms with Crippen LogP contribution in [0.1, 0.15) is 0 Å². The lowest BCUT2D eigenvalue weighted by molar-refractivity contribution is 0.669. The van der Waals surface area contributed by atoms with Gasteiger partial charge in [0.2, 0.25) is 0 Å². The van der Waals surface area contributed by atoms with E-state index in [1.54, 1.807) is 0 Å². The summed E-state index contributed by atoms with van der Waals surface area (Å²) in [5.41, 5.74) is 12.2. The Balaban J connectivity index is 1.02. The van der Waals surface area contributed by atoms with Gasteiger partial charge in [-0.15, -0.1) is 11.3 Å². The predicted molar refractivity (Wildman–Crippen MR) is 253 cm³/mol. The molecule has 3 heteroatoms. The molecule has 12 aromatic rings. The zero-order valence-electron chi connectivity index (χ0n) is 32.0. The molecule has 0 bridgehead atoms. The Hall–Kier alpha value is -7.46. The van der Waals surface area contributed by atoms with Gasteiger partial charge in [0.25, 0.3) is 0 Å². The van der Waals surface area contributed by atoms with Crippen LogP contribution in [0.2, 0.25) is 0 Å². The fourth-order valence-electron chi connectivity index (χ4n) is 8.89. The minimum Gasteiger partial charge on any atom is -0.456 e. The average Bonchev–Trinajstić information content (AvgIpc) is 3.87. The van der Waals surface area contributed by atoms with E-state index in [2.05, 4.69) is 205 Å². The summed E-state index contributed by atoms with van der Waals surface area (Å²) < 4.78 is 8.86. The van der Waals surface area contributed by atoms with Gasteiger partial charge in [-0.05, 0) is 134 Å². The molecule has 2 aromatic heterocycles. The van der Waals surface area contributed by atoms with Crippen LogP contribution in [0, 0.1) is 0 Å². The maximum absolute atomic E-state index is 6.23. The molecule has 10 aromatic carbocycles. The van der Waals surface area contributed by atoms with Crippen molar-refractivity contribution in [2.75, 3.05) is 4.90 Å². The topological polar surface area (TPSA) is 16.4 Å². The molecular weight excluding hydrogens is 735 g/mol. The van der Waals surface area contributed by atoms with Crippen molar-refractivity contribution >= 4 is 92.1 Å². The lowest BCUT2D eigenvalue weighted by Crippen LogP contribution is -2.10. The quantitative estimate of drug-likeness (QED) is 0.167. The fourth-order valence-corrected chi connectivity index (χ4v) is 9.97. The first-order valence-electron chi connectivity index (χ1n) is 20.1. The SMILES string of the molecule is c1ccc2cc(N(c3ccc(-c4cc(-c5ccc6oc7ccccc7c6c5)cc(-c5ccc6sc7ccccc7c6c5)c4)cc3)c3cccc4ccccc34)ccc2c1. The smallest absolute Gasteiger partial charge is 0.135 e. The van der Waals surface area contributed by atoms with E-state index >= 15 is 0 Å². The second-order valence-corrected chi connectivity index (χ2v) is 16.4. The normalized spacial score (nSPS) is 11.7. The number of rotatable bonds is 6. The van der Waals surface area contributed by atoms with Gasteiger partial charge in [0, 0.05) is 47.7 Å². The molecule has 0 atom stereocenters. The molecule has 0 saturated heterocycles. The minimum atomic E-state index is 0.902. The second kappa shape index (κ2) is 13.6. The Morgan fingerprint density at radius 3 is 1.71 bits per heavy atom. The van der Waals surface area contributed by atoms with Crippen LogP contribution < -0.4 is 4.90 Å². The van der Waals surface area contributed by atoms with E-state index in [4.69, 9.17) is 4.42 Å². The molecule has 2 nitrogen and oxygen atoms in total. The molecule has 0 amide bonds. The van der Waals surface area contributed by atoms with Gasteiger partial charge in [0.05, 0.1) is 5.69 Å². The number of fused-ring (bicyclic) bond motifs is 8. The van der Waals surface area contributed by atoms with Crippen molar-refractivity contribution in [1.29, 1.82) is 0 Å². The first-order valence-corrected chi connectivity index (χ1v) is 20.9. The molecule has 12 rings (SSSR count). The van der Waals surface area contributed by atoms with Gasteiger partial charge in [-0.3, -0.25) is 0 Å². The van der Waals surface area contributed by atoms with Crippen molar-refractivity contribution in [1.82, 2.24) is 0 Å². The Kier molecular flexibility index (Phi) is 7.75. The van der Waals surface area contributed by atoms with Crippen LogP contribution in [-0.2, 0) is 0 Å². The fraction of sp³-hybridized carbons (Fsp3) is 0. The van der Waals surface area contributed by atoms with Crippen molar-refractivity contribution < 1.29 is 4.42 Å². The molecular formula is C56H35NOS. The van der Waals surface area contributed by atoms with Gasteiger partial charge in [-0.25, -0.2) is 0 Å². The molecule has 0 N–H and O–H groups in total. The number of anilines is 3. The molecule has 276 valence electrons. The molecule has 0 aliphatic heterocycles. The van der Waals surface area contributed by atoms with Crippen molar-refractivity contribution in [3.8, 4) is 33.4 Å². The first-order chi connectivity index (χ1) is 29.2. The van der Waals surface area contributed by atoms with Crippen LogP contribution in [0.25, 0.3) is 97.0 Å². The third-order valence-electron chi connectivity index (χ3n) is 11.8. The zero-order chi connectivity index (χ0) is 38.9. The van der Waals surface area contributed by atoms with Gasteiger partial charge >= 0.3 is 0 Å². The van der Waals surface area contributed by atoms with Crippen molar-refractivity contribution in [2.45, 2.75) is 0 Å². The van der Waals surface area contributed by atoms with Crippen molar-refractivity contribution in [3.63, 3.8) is 0 Å². The Morgan fingerprint density at radius 1 is 0.305 bits per heavy atom. The third-order valence-corrected chi connectivity index (χ3v) is 13.0. The largest absolute Gasteiger partial charge is 0.456 e. The summed E-state index contributed by atoms with van der Waals surface area (Å²) in [6.07, 6.45) is 0. The van der Waals surface area contributed by atoms with Crippen LogP contribution in [-0.4, -0.2) is 0 Å². The summed E-state index contributed by atoms with van der Waals surface area (Å²) in [4.78, 5) is 2.39. The van der Waals surface area contributed by atoms with E-state index in [1.807, 2.05) is 23.5 Å². The van der Waals surface area contributed by atoms with Crippen LogP contribution in [0.3, 0.4) is 0 Å². The zero-order valence-corrected chi connectivity index (χ0v) is 32.8. The lowest BCUT2D eigenvalue weighted by atomic mass is 9.92. The summed E-state index contributed by atoms with van der Waals surface area (Å²) in [5.74, 6) is 0. The van der Waals surface area contributed by atoms with Crippen LogP contribution in [0.5, 0.6) is 0 Å². The van der Waals surface area contributed by atoms with E-state index in [1.165, 1.54) is 58.4 Å². The Labute approximate surface area is 345 Å². The van der Waals surface area contributed by atoms with Crippen LogP contribution in [0.4, 0.5) is 17.1 Å². The van der Waals surface area contributed by atoms with E-state index in [-0.39, 0.29) is 0 Å². The summed E-state index contributed by atoms with van der Waals surface area (Å²) in [7, 11) is 0. The van der Waals surface area contributed by atoms with Gasteiger partial charge in [0.15, 0.2) is 0 Å². The van der Waals surface area contributed by atoms with Gasteiger partial charge in [-0.1, -0.05) is 127 Å². The number of hydrogen-bond donors (Lipinski definition) is 0. The number of benzene rings is 10. The van der Waals surface area contributed by atoms with E-state index in [0.717, 1.165) is 55.7 Å². The van der Waals surface area contributed by atoms with Gasteiger partial charge in [0.1, 0.15) is 11.2 Å². The standard InChI is InChI=1S/C56H35NOS/c1-2-12-39-33-46(27-22-36(39)10-1)57(52-17-9-13-38-11-3-4-14-47(38)52)45-25-20-37(21-26-45)42-30-43(40-23-28-54-50(34-40)48-15-5-7-18-53(48)58-54)32-44(31-42)41-24-29-56-51(35-41)49-16-6-8-19-55(49)59-56/h1-35H. The maximum Gasteiger partial charge on any atom is 0.135 e. The number of hydrogen-bond acceptors (Lipinski definition) is 3. The van der Waals surface area contributed by atoms with Crippen LogP contribution in [0.15, 0.2) is 217 Å².